The number of nitrogens with zero attached hydrogens (tertiary/aromatic N) is 2. The van der Waals surface area contributed by atoms with Crippen molar-refractivity contribution >= 4 is 0 Å². The Kier molecular flexibility index (Phi) is 3.15. The van der Waals surface area contributed by atoms with Gasteiger partial charge in [-0.2, -0.15) is 0 Å². The number of nitrogens with two attached hydrogens (primary N) is 1. The number of rotatable bonds is 2. The number of aryl methyl sites for hydroxylation is 2. The molecule has 2 aromatic rings. The van der Waals surface area contributed by atoms with Gasteiger partial charge in [0, 0.05) is 6.20 Å². The highest BCUT2D eigenvalue weighted by molar-refractivity contribution is 5.31. The van der Waals surface area contributed by atoms with Crippen molar-refractivity contribution in [1.29, 1.82) is 0 Å². The van der Waals surface area contributed by atoms with Crippen molar-refractivity contribution in [3.8, 4) is 0 Å². The van der Waals surface area contributed by atoms with Gasteiger partial charge in [-0.05, 0) is 43.2 Å². The van der Waals surface area contributed by atoms with Crippen LogP contribution < -0.4 is 5.73 Å². The van der Waals surface area contributed by atoms with E-state index in [1.807, 2.05) is 13.0 Å². The Hall–Kier alpha value is -1.81. The van der Waals surface area contributed by atoms with Crippen LogP contribution >= 0.6 is 0 Å². The van der Waals surface area contributed by atoms with E-state index in [2.05, 4.69) is 9.97 Å². The fourth-order valence-electron chi connectivity index (χ4n) is 1.76. The van der Waals surface area contributed by atoms with Crippen LogP contribution in [0.1, 0.15) is 28.7 Å². The highest BCUT2D eigenvalue weighted by Gasteiger charge is 2.12. The Morgan fingerprint density at radius 2 is 2.00 bits per heavy atom. The molecule has 88 valence electrons. The number of hydrogen-bond donors (Lipinski definition) is 1. The third kappa shape index (κ3) is 2.65. The molecule has 0 fully saturated rings. The number of aromatic nitrogens is 2. The molecule has 17 heavy (non-hydrogen) atoms. The van der Waals surface area contributed by atoms with Gasteiger partial charge in [-0.1, -0.05) is 6.07 Å². The monoisotopic (exact) mass is 231 g/mol. The normalized spacial score (nSPS) is 12.5. The summed E-state index contributed by atoms with van der Waals surface area (Å²) in [5, 5.41) is 0. The largest absolute Gasteiger partial charge is 0.319 e. The SMILES string of the molecule is Cc1cc(F)cc(C(N)c2ccnc(C)n2)c1. The molecule has 0 radical (unpaired) electrons. The summed E-state index contributed by atoms with van der Waals surface area (Å²) in [6.07, 6.45) is 1.66. The molecule has 1 aromatic carbocycles. The van der Waals surface area contributed by atoms with E-state index < -0.39 is 6.04 Å². The van der Waals surface area contributed by atoms with Crippen LogP contribution in [0.4, 0.5) is 4.39 Å². The molecular weight excluding hydrogens is 217 g/mol. The number of benzene rings is 1. The van der Waals surface area contributed by atoms with Crippen LogP contribution in [0.2, 0.25) is 0 Å². The molecule has 3 nitrogen and oxygen atoms in total. The Morgan fingerprint density at radius 1 is 1.24 bits per heavy atom. The highest BCUT2D eigenvalue weighted by Crippen LogP contribution is 2.19. The molecule has 1 heterocycles. The summed E-state index contributed by atoms with van der Waals surface area (Å²) in [7, 11) is 0. The van der Waals surface area contributed by atoms with Gasteiger partial charge in [0.05, 0.1) is 11.7 Å². The van der Waals surface area contributed by atoms with E-state index in [9.17, 15) is 4.39 Å². The van der Waals surface area contributed by atoms with Gasteiger partial charge in [0.1, 0.15) is 11.6 Å². The lowest BCUT2D eigenvalue weighted by Gasteiger charge is -2.12. The molecule has 0 saturated carbocycles. The molecule has 0 aliphatic rings. The second-order valence-corrected chi connectivity index (χ2v) is 4.07. The van der Waals surface area contributed by atoms with Crippen molar-refractivity contribution in [1.82, 2.24) is 9.97 Å². The van der Waals surface area contributed by atoms with Gasteiger partial charge < -0.3 is 5.73 Å². The average molecular weight is 231 g/mol. The van der Waals surface area contributed by atoms with Crippen molar-refractivity contribution in [2.45, 2.75) is 19.9 Å². The minimum Gasteiger partial charge on any atom is -0.319 e. The first-order valence-corrected chi connectivity index (χ1v) is 5.38. The lowest BCUT2D eigenvalue weighted by Crippen LogP contribution is -2.14. The molecule has 1 atom stereocenters. The maximum absolute atomic E-state index is 13.3. The van der Waals surface area contributed by atoms with Gasteiger partial charge in [0.25, 0.3) is 0 Å². The zero-order chi connectivity index (χ0) is 12.4. The molecule has 4 heteroatoms. The van der Waals surface area contributed by atoms with Crippen LogP contribution in [0.25, 0.3) is 0 Å². The molecule has 0 aliphatic carbocycles. The fraction of sp³-hybridized carbons (Fsp3) is 0.231. The van der Waals surface area contributed by atoms with Crippen molar-refractivity contribution in [3.63, 3.8) is 0 Å². The van der Waals surface area contributed by atoms with E-state index in [4.69, 9.17) is 5.73 Å². The van der Waals surface area contributed by atoms with Crippen molar-refractivity contribution < 1.29 is 4.39 Å². The molecule has 0 spiro atoms. The molecule has 0 amide bonds. The summed E-state index contributed by atoms with van der Waals surface area (Å²) in [6, 6.07) is 6.10. The summed E-state index contributed by atoms with van der Waals surface area (Å²) < 4.78 is 13.3. The molecule has 2 rings (SSSR count). The summed E-state index contributed by atoms with van der Waals surface area (Å²) in [4.78, 5) is 8.26. The molecular formula is C13H14FN3. The molecule has 1 aromatic heterocycles. The molecule has 0 bridgehead atoms. The van der Waals surface area contributed by atoms with E-state index >= 15 is 0 Å². The van der Waals surface area contributed by atoms with E-state index in [0.29, 0.717) is 11.5 Å². The van der Waals surface area contributed by atoms with Crippen LogP contribution in [-0.2, 0) is 0 Å². The molecule has 2 N–H and O–H groups in total. The second-order valence-electron chi connectivity index (χ2n) is 4.07. The van der Waals surface area contributed by atoms with Gasteiger partial charge in [-0.15, -0.1) is 0 Å². The molecule has 0 aliphatic heterocycles. The highest BCUT2D eigenvalue weighted by atomic mass is 19.1. The van der Waals surface area contributed by atoms with Gasteiger partial charge in [0.2, 0.25) is 0 Å². The topological polar surface area (TPSA) is 51.8 Å². The van der Waals surface area contributed by atoms with Crippen LogP contribution in [0.5, 0.6) is 0 Å². The quantitative estimate of drug-likeness (QED) is 0.862. The van der Waals surface area contributed by atoms with Crippen LogP contribution in [0.15, 0.2) is 30.5 Å². The third-order valence-electron chi connectivity index (χ3n) is 2.54. The first-order valence-electron chi connectivity index (χ1n) is 5.38. The average Bonchev–Trinajstić information content (AvgIpc) is 2.26. The first-order chi connectivity index (χ1) is 8.06. The summed E-state index contributed by atoms with van der Waals surface area (Å²) >= 11 is 0. The second kappa shape index (κ2) is 4.59. The maximum Gasteiger partial charge on any atom is 0.125 e. The maximum atomic E-state index is 13.3. The predicted octanol–water partition coefficient (Wildman–Crippen LogP) is 2.28. The summed E-state index contributed by atoms with van der Waals surface area (Å²) in [5.74, 6) is 0.382. The van der Waals surface area contributed by atoms with Gasteiger partial charge in [-0.3, -0.25) is 0 Å². The van der Waals surface area contributed by atoms with Crippen molar-refractivity contribution in [2.75, 3.05) is 0 Å². The Balaban J connectivity index is 2.39. The number of hydrogen-bond acceptors (Lipinski definition) is 3. The Morgan fingerprint density at radius 3 is 2.65 bits per heavy atom. The molecule has 1 unspecified atom stereocenters. The van der Waals surface area contributed by atoms with Gasteiger partial charge >= 0.3 is 0 Å². The van der Waals surface area contributed by atoms with Crippen molar-refractivity contribution in [3.05, 3.63) is 58.9 Å². The Bertz CT molecular complexity index is 520. The van der Waals surface area contributed by atoms with Gasteiger partial charge in [0.15, 0.2) is 0 Å². The van der Waals surface area contributed by atoms with Crippen LogP contribution in [0.3, 0.4) is 0 Å². The fourth-order valence-corrected chi connectivity index (χ4v) is 1.76. The van der Waals surface area contributed by atoms with Crippen molar-refractivity contribution in [2.24, 2.45) is 5.73 Å². The Labute approximate surface area is 99.5 Å². The number of halogens is 1. The minimum atomic E-state index is -0.425. The van der Waals surface area contributed by atoms with Crippen LogP contribution in [0, 0.1) is 19.7 Å². The van der Waals surface area contributed by atoms with E-state index in [1.54, 1.807) is 19.2 Å². The van der Waals surface area contributed by atoms with E-state index in [0.717, 1.165) is 11.1 Å². The van der Waals surface area contributed by atoms with Crippen LogP contribution in [-0.4, -0.2) is 9.97 Å². The van der Waals surface area contributed by atoms with Gasteiger partial charge in [-0.25, -0.2) is 14.4 Å². The first kappa shape index (κ1) is 11.7. The predicted molar refractivity (Wildman–Crippen MR) is 63.9 cm³/mol. The minimum absolute atomic E-state index is 0.277. The standard InChI is InChI=1S/C13H14FN3/c1-8-5-10(7-11(14)6-8)13(15)12-3-4-16-9(2)17-12/h3-7,13H,15H2,1-2H3. The lowest BCUT2D eigenvalue weighted by molar-refractivity contribution is 0.621. The van der Waals surface area contributed by atoms with E-state index in [1.165, 1.54) is 12.1 Å². The lowest BCUT2D eigenvalue weighted by atomic mass is 10.0. The van der Waals surface area contributed by atoms with E-state index in [-0.39, 0.29) is 5.82 Å². The smallest absolute Gasteiger partial charge is 0.125 e. The summed E-state index contributed by atoms with van der Waals surface area (Å²) in [5.41, 5.74) is 8.33. The zero-order valence-corrected chi connectivity index (χ0v) is 9.81. The zero-order valence-electron chi connectivity index (χ0n) is 9.81. The third-order valence-corrected chi connectivity index (χ3v) is 2.54. The summed E-state index contributed by atoms with van der Waals surface area (Å²) in [6.45, 7) is 3.64. The molecule has 0 saturated heterocycles.